The molecule has 5 nitrogen and oxygen atoms in total. The second-order valence-corrected chi connectivity index (χ2v) is 4.25. The van der Waals surface area contributed by atoms with E-state index in [1.807, 2.05) is 0 Å². The number of benzene rings is 1. The zero-order valence-electron chi connectivity index (χ0n) is 10.2. The van der Waals surface area contributed by atoms with Gasteiger partial charge in [-0.3, -0.25) is 9.59 Å². The summed E-state index contributed by atoms with van der Waals surface area (Å²) in [6.45, 7) is 0.369. The van der Waals surface area contributed by atoms with Crippen molar-refractivity contribution in [3.05, 3.63) is 29.3 Å². The lowest BCUT2D eigenvalue weighted by Gasteiger charge is -2.37. The van der Waals surface area contributed by atoms with Gasteiger partial charge in [-0.15, -0.1) is 0 Å². The predicted octanol–water partition coefficient (Wildman–Crippen LogP) is 0.792. The molecular weight excluding hydrogens is 258 g/mol. The zero-order valence-corrected chi connectivity index (χ0v) is 10.2. The van der Waals surface area contributed by atoms with E-state index >= 15 is 0 Å². The number of likely N-dealkylation sites (tertiary alicyclic amines) is 1. The number of ether oxygens (including phenoxy) is 1. The number of hydrogen-bond donors (Lipinski definition) is 1. The van der Waals surface area contributed by atoms with Crippen LogP contribution in [0.5, 0.6) is 0 Å². The monoisotopic (exact) mass is 270 g/mol. The third-order valence-corrected chi connectivity index (χ3v) is 3.07. The molecule has 1 aromatic carbocycles. The van der Waals surface area contributed by atoms with Gasteiger partial charge in [-0.25, -0.2) is 8.78 Å². The number of nitrogen functional groups attached to an aromatic ring is 1. The molecule has 1 aliphatic rings. The van der Waals surface area contributed by atoms with Crippen LogP contribution in [0.25, 0.3) is 0 Å². The van der Waals surface area contributed by atoms with Crippen LogP contribution in [-0.2, 0) is 9.53 Å². The Morgan fingerprint density at radius 2 is 2.00 bits per heavy atom. The number of methoxy groups -OCH3 is 1. The van der Waals surface area contributed by atoms with Crippen molar-refractivity contribution in [2.75, 3.05) is 25.9 Å². The first-order chi connectivity index (χ1) is 8.95. The molecule has 1 saturated heterocycles. The van der Waals surface area contributed by atoms with Crippen LogP contribution in [0.3, 0.4) is 0 Å². The fourth-order valence-corrected chi connectivity index (χ4v) is 1.88. The average molecular weight is 270 g/mol. The Balaban J connectivity index is 2.11. The normalized spacial score (nSPS) is 15.0. The van der Waals surface area contributed by atoms with Crippen LogP contribution < -0.4 is 5.73 Å². The summed E-state index contributed by atoms with van der Waals surface area (Å²) in [6, 6.07) is 1.97. The van der Waals surface area contributed by atoms with E-state index in [-0.39, 0.29) is 24.6 Å². The van der Waals surface area contributed by atoms with Crippen molar-refractivity contribution in [3.63, 3.8) is 0 Å². The Morgan fingerprint density at radius 1 is 1.37 bits per heavy atom. The number of esters is 1. The van der Waals surface area contributed by atoms with Gasteiger partial charge in [0.2, 0.25) is 0 Å². The topological polar surface area (TPSA) is 72.6 Å². The van der Waals surface area contributed by atoms with Gasteiger partial charge in [0.25, 0.3) is 5.91 Å². The smallest absolute Gasteiger partial charge is 0.312 e. The van der Waals surface area contributed by atoms with E-state index in [4.69, 9.17) is 5.73 Å². The minimum atomic E-state index is -1.24. The summed E-state index contributed by atoms with van der Waals surface area (Å²) >= 11 is 0. The molecule has 0 aromatic heterocycles. The van der Waals surface area contributed by atoms with Crippen molar-refractivity contribution in [1.82, 2.24) is 4.90 Å². The van der Waals surface area contributed by atoms with Gasteiger partial charge in [0.15, 0.2) is 11.6 Å². The van der Waals surface area contributed by atoms with Gasteiger partial charge < -0.3 is 15.4 Å². The second kappa shape index (κ2) is 4.83. The number of amides is 1. The molecule has 1 amide bonds. The molecule has 1 heterocycles. The van der Waals surface area contributed by atoms with E-state index in [1.165, 1.54) is 12.0 Å². The largest absolute Gasteiger partial charge is 0.469 e. The number of anilines is 1. The molecule has 0 spiro atoms. The maximum Gasteiger partial charge on any atom is 0.312 e. The highest BCUT2D eigenvalue weighted by molar-refractivity contribution is 6.00. The van der Waals surface area contributed by atoms with E-state index in [9.17, 15) is 18.4 Å². The SMILES string of the molecule is COC(=O)C1CN(C(=O)c2ccc(F)c(F)c2N)C1. The second-order valence-electron chi connectivity index (χ2n) is 4.25. The number of nitrogens with zero attached hydrogens (tertiary/aromatic N) is 1. The van der Waals surface area contributed by atoms with Gasteiger partial charge >= 0.3 is 5.97 Å². The van der Waals surface area contributed by atoms with E-state index in [2.05, 4.69) is 4.74 Å². The number of hydrogen-bond acceptors (Lipinski definition) is 4. The van der Waals surface area contributed by atoms with E-state index < -0.39 is 29.2 Å². The molecule has 102 valence electrons. The highest BCUT2D eigenvalue weighted by atomic mass is 19.2. The first-order valence-corrected chi connectivity index (χ1v) is 5.56. The molecule has 0 aliphatic carbocycles. The molecule has 1 aliphatic heterocycles. The fourth-order valence-electron chi connectivity index (χ4n) is 1.88. The van der Waals surface area contributed by atoms with Gasteiger partial charge in [-0.2, -0.15) is 0 Å². The summed E-state index contributed by atoms with van der Waals surface area (Å²) in [5.74, 6) is -3.65. The summed E-state index contributed by atoms with van der Waals surface area (Å²) in [5.41, 5.74) is 4.74. The summed E-state index contributed by atoms with van der Waals surface area (Å²) in [4.78, 5) is 24.5. The molecule has 2 N–H and O–H groups in total. The van der Waals surface area contributed by atoms with E-state index in [0.717, 1.165) is 12.1 Å². The lowest BCUT2D eigenvalue weighted by Crippen LogP contribution is -2.53. The number of carbonyl (C=O) groups excluding carboxylic acids is 2. The molecule has 0 bridgehead atoms. The quantitative estimate of drug-likeness (QED) is 0.637. The van der Waals surface area contributed by atoms with Crippen LogP contribution in [0.1, 0.15) is 10.4 Å². The minimum absolute atomic E-state index is 0.109. The van der Waals surface area contributed by atoms with Crippen molar-refractivity contribution in [3.8, 4) is 0 Å². The Bertz CT molecular complexity index is 542. The number of nitrogens with two attached hydrogens (primary N) is 1. The van der Waals surface area contributed by atoms with Gasteiger partial charge in [0, 0.05) is 13.1 Å². The Hall–Kier alpha value is -2.18. The lowest BCUT2D eigenvalue weighted by atomic mass is 9.98. The standard InChI is InChI=1S/C12H12F2N2O3/c1-19-12(18)6-4-16(5-6)11(17)7-2-3-8(13)9(14)10(7)15/h2-3,6H,4-5,15H2,1H3. The summed E-state index contributed by atoms with van der Waals surface area (Å²) in [6.07, 6.45) is 0. The summed E-state index contributed by atoms with van der Waals surface area (Å²) < 4.78 is 30.7. The van der Waals surface area contributed by atoms with Crippen LogP contribution in [0.4, 0.5) is 14.5 Å². The Morgan fingerprint density at radius 3 is 2.58 bits per heavy atom. The van der Waals surface area contributed by atoms with Crippen LogP contribution in [0.2, 0.25) is 0 Å². The van der Waals surface area contributed by atoms with Crippen molar-refractivity contribution in [1.29, 1.82) is 0 Å². The van der Waals surface area contributed by atoms with Crippen molar-refractivity contribution >= 4 is 17.6 Å². The third kappa shape index (κ3) is 2.23. The van der Waals surface area contributed by atoms with Crippen LogP contribution in [0.15, 0.2) is 12.1 Å². The van der Waals surface area contributed by atoms with Gasteiger partial charge in [0.1, 0.15) is 0 Å². The molecule has 1 fully saturated rings. The highest BCUT2D eigenvalue weighted by Gasteiger charge is 2.37. The maximum absolute atomic E-state index is 13.3. The highest BCUT2D eigenvalue weighted by Crippen LogP contribution is 2.25. The average Bonchev–Trinajstić information content (AvgIpc) is 2.33. The van der Waals surface area contributed by atoms with Crippen molar-refractivity contribution < 1.29 is 23.1 Å². The minimum Gasteiger partial charge on any atom is -0.469 e. The van der Waals surface area contributed by atoms with Crippen LogP contribution >= 0.6 is 0 Å². The number of rotatable bonds is 2. The molecule has 0 unspecified atom stereocenters. The molecule has 1 aromatic rings. The first kappa shape index (κ1) is 13.3. The molecule has 0 radical (unpaired) electrons. The summed E-state index contributed by atoms with van der Waals surface area (Å²) in [7, 11) is 1.26. The van der Waals surface area contributed by atoms with E-state index in [0.29, 0.717) is 0 Å². The van der Waals surface area contributed by atoms with Gasteiger partial charge in [0.05, 0.1) is 24.3 Å². The summed E-state index contributed by atoms with van der Waals surface area (Å²) in [5, 5.41) is 0. The van der Waals surface area contributed by atoms with Gasteiger partial charge in [-0.1, -0.05) is 0 Å². The molecule has 0 atom stereocenters. The van der Waals surface area contributed by atoms with Crippen LogP contribution in [0, 0.1) is 17.6 Å². The van der Waals surface area contributed by atoms with E-state index in [1.54, 1.807) is 0 Å². The Kier molecular flexibility index (Phi) is 3.37. The lowest BCUT2D eigenvalue weighted by molar-refractivity contribution is -0.149. The zero-order chi connectivity index (χ0) is 14.2. The van der Waals surface area contributed by atoms with Gasteiger partial charge in [-0.05, 0) is 12.1 Å². The molecular formula is C12H12F2N2O3. The van der Waals surface area contributed by atoms with Crippen molar-refractivity contribution in [2.24, 2.45) is 5.92 Å². The molecule has 7 heteroatoms. The Labute approximate surface area is 107 Å². The van der Waals surface area contributed by atoms with Crippen molar-refractivity contribution in [2.45, 2.75) is 0 Å². The first-order valence-electron chi connectivity index (χ1n) is 5.56. The molecule has 19 heavy (non-hydrogen) atoms. The number of carbonyl (C=O) groups is 2. The van der Waals surface area contributed by atoms with Crippen LogP contribution in [-0.4, -0.2) is 37.0 Å². The fraction of sp³-hybridized carbons (Fsp3) is 0.333. The third-order valence-electron chi connectivity index (χ3n) is 3.07. The predicted molar refractivity (Wildman–Crippen MR) is 62.2 cm³/mol. The maximum atomic E-state index is 13.3. The number of halogens is 2. The molecule has 2 rings (SSSR count). The molecule has 0 saturated carbocycles.